The van der Waals surface area contributed by atoms with E-state index in [1.165, 1.54) is 13.4 Å². The number of hydrogen-bond donors (Lipinski definition) is 2. The fourth-order valence-electron chi connectivity index (χ4n) is 1.27. The van der Waals surface area contributed by atoms with Crippen LogP contribution in [0.1, 0.15) is 12.1 Å². The highest BCUT2D eigenvalue weighted by atomic mass is 16.5. The predicted octanol–water partition coefficient (Wildman–Crippen LogP) is -0.599. The number of carbonyl (C=O) groups is 2. The number of imidazole rings is 1. The average molecular weight is 241 g/mol. The molecular weight excluding hydrogens is 226 g/mol. The van der Waals surface area contributed by atoms with E-state index in [-0.39, 0.29) is 18.8 Å². The number of aliphatic carboxylic acids is 1. The molecule has 0 aliphatic heterocycles. The molecule has 1 atom stereocenters. The van der Waals surface area contributed by atoms with Gasteiger partial charge in [0.15, 0.2) is 0 Å². The van der Waals surface area contributed by atoms with E-state index in [9.17, 15) is 9.59 Å². The molecule has 0 unspecified atom stereocenters. The molecule has 0 fully saturated rings. The Bertz CT molecular complexity index is 402. The lowest BCUT2D eigenvalue weighted by molar-refractivity contribution is -0.141. The van der Waals surface area contributed by atoms with Crippen LogP contribution >= 0.6 is 0 Å². The van der Waals surface area contributed by atoms with E-state index in [4.69, 9.17) is 10.8 Å². The van der Waals surface area contributed by atoms with Crippen LogP contribution in [0.4, 0.5) is 0 Å². The highest BCUT2D eigenvalue weighted by molar-refractivity contribution is 5.73. The molecule has 94 valence electrons. The highest BCUT2D eigenvalue weighted by Crippen LogP contribution is 2.01. The molecule has 1 aromatic rings. The Hall–Kier alpha value is -1.89. The summed E-state index contributed by atoms with van der Waals surface area (Å²) in [5, 5.41) is 8.64. The fourth-order valence-corrected chi connectivity index (χ4v) is 1.27. The Kier molecular flexibility index (Phi) is 4.65. The number of nitrogens with zero attached hydrogens (tertiary/aromatic N) is 2. The molecule has 0 aliphatic rings. The van der Waals surface area contributed by atoms with Crippen LogP contribution in [0.3, 0.4) is 0 Å². The van der Waals surface area contributed by atoms with Crippen LogP contribution in [-0.2, 0) is 27.3 Å². The summed E-state index contributed by atoms with van der Waals surface area (Å²) in [7, 11) is 1.33. The molecule has 0 saturated heterocycles. The van der Waals surface area contributed by atoms with Crippen LogP contribution in [0.2, 0.25) is 0 Å². The summed E-state index contributed by atoms with van der Waals surface area (Å²) in [6, 6.07) is -0.959. The van der Waals surface area contributed by atoms with Crippen molar-refractivity contribution in [3.63, 3.8) is 0 Å². The molecule has 17 heavy (non-hydrogen) atoms. The number of carboxylic acid groups (broad SMARTS) is 1. The molecule has 0 saturated carbocycles. The van der Waals surface area contributed by atoms with Crippen LogP contribution < -0.4 is 5.73 Å². The van der Waals surface area contributed by atoms with Crippen molar-refractivity contribution in [1.29, 1.82) is 0 Å². The maximum Gasteiger partial charge on any atom is 0.320 e. The van der Waals surface area contributed by atoms with E-state index in [2.05, 4.69) is 9.72 Å². The van der Waals surface area contributed by atoms with Gasteiger partial charge < -0.3 is 20.1 Å². The Balaban J connectivity index is 2.48. The minimum absolute atomic E-state index is 0.167. The number of carboxylic acids is 1. The van der Waals surface area contributed by atoms with Crippen molar-refractivity contribution < 1.29 is 19.4 Å². The van der Waals surface area contributed by atoms with E-state index < -0.39 is 12.0 Å². The third-order valence-electron chi connectivity index (χ3n) is 2.23. The zero-order valence-corrected chi connectivity index (χ0v) is 9.50. The molecule has 1 heterocycles. The van der Waals surface area contributed by atoms with Crippen molar-refractivity contribution in [2.75, 3.05) is 7.11 Å². The number of carbonyl (C=O) groups excluding carboxylic acids is 1. The number of rotatable bonds is 6. The molecule has 0 radical (unpaired) electrons. The Morgan fingerprint density at radius 2 is 2.35 bits per heavy atom. The fraction of sp³-hybridized carbons (Fsp3) is 0.500. The predicted molar refractivity (Wildman–Crippen MR) is 58.2 cm³/mol. The summed E-state index contributed by atoms with van der Waals surface area (Å²) in [6.45, 7) is 0.446. The summed E-state index contributed by atoms with van der Waals surface area (Å²) in [6.07, 6.45) is 3.62. The number of esters is 1. The average Bonchev–Trinajstić information content (AvgIpc) is 2.73. The second kappa shape index (κ2) is 6.00. The normalized spacial score (nSPS) is 12.1. The van der Waals surface area contributed by atoms with E-state index in [1.807, 2.05) is 0 Å². The first-order valence-corrected chi connectivity index (χ1v) is 5.08. The summed E-state index contributed by atoms with van der Waals surface area (Å²) in [4.78, 5) is 25.5. The highest BCUT2D eigenvalue weighted by Gasteiger charge is 2.13. The van der Waals surface area contributed by atoms with Crippen LogP contribution in [0.25, 0.3) is 0 Å². The summed E-state index contributed by atoms with van der Waals surface area (Å²) < 4.78 is 6.20. The van der Waals surface area contributed by atoms with Gasteiger partial charge in [0.25, 0.3) is 0 Å². The lowest BCUT2D eigenvalue weighted by Gasteiger charge is -2.02. The maximum atomic E-state index is 10.9. The van der Waals surface area contributed by atoms with E-state index in [1.54, 1.807) is 10.8 Å². The van der Waals surface area contributed by atoms with Crippen molar-refractivity contribution in [2.45, 2.75) is 25.4 Å². The zero-order chi connectivity index (χ0) is 12.8. The number of aryl methyl sites for hydroxylation is 1. The zero-order valence-electron chi connectivity index (χ0n) is 9.50. The third kappa shape index (κ3) is 4.23. The first kappa shape index (κ1) is 13.2. The third-order valence-corrected chi connectivity index (χ3v) is 2.23. The van der Waals surface area contributed by atoms with E-state index in [0.29, 0.717) is 12.2 Å². The number of nitrogens with two attached hydrogens (primary N) is 1. The van der Waals surface area contributed by atoms with Crippen LogP contribution in [0, 0.1) is 0 Å². The van der Waals surface area contributed by atoms with Crippen molar-refractivity contribution in [3.05, 3.63) is 18.2 Å². The van der Waals surface area contributed by atoms with Gasteiger partial charge >= 0.3 is 11.9 Å². The molecule has 0 aliphatic carbocycles. The van der Waals surface area contributed by atoms with Crippen LogP contribution in [-0.4, -0.2) is 39.7 Å². The van der Waals surface area contributed by atoms with Crippen molar-refractivity contribution in [2.24, 2.45) is 5.73 Å². The number of methoxy groups -OCH3 is 1. The Morgan fingerprint density at radius 3 is 2.94 bits per heavy atom. The lowest BCUT2D eigenvalue weighted by atomic mass is 10.2. The quantitative estimate of drug-likeness (QED) is 0.644. The minimum atomic E-state index is -1.06. The number of hydrogen-bond acceptors (Lipinski definition) is 5. The first-order valence-electron chi connectivity index (χ1n) is 5.08. The van der Waals surface area contributed by atoms with Gasteiger partial charge in [-0.05, 0) is 0 Å². The topological polar surface area (TPSA) is 107 Å². The summed E-state index contributed by atoms with van der Waals surface area (Å²) >= 11 is 0. The van der Waals surface area contributed by atoms with Gasteiger partial charge in [0.2, 0.25) is 0 Å². The summed E-state index contributed by atoms with van der Waals surface area (Å²) in [5.41, 5.74) is 5.97. The molecule has 3 N–H and O–H groups in total. The minimum Gasteiger partial charge on any atom is -0.480 e. The largest absolute Gasteiger partial charge is 0.480 e. The monoisotopic (exact) mass is 241 g/mol. The number of aromatic nitrogens is 2. The van der Waals surface area contributed by atoms with E-state index in [0.717, 1.165) is 0 Å². The second-order valence-electron chi connectivity index (χ2n) is 3.58. The Labute approximate surface area is 98.2 Å². The first-order chi connectivity index (χ1) is 8.02. The SMILES string of the molecule is COC(=O)CCn1cnc(C[C@H](N)C(=O)O)c1. The molecule has 0 amide bonds. The van der Waals surface area contributed by atoms with Crippen LogP contribution in [0.15, 0.2) is 12.5 Å². The molecule has 7 nitrogen and oxygen atoms in total. The van der Waals surface area contributed by atoms with Crippen molar-refractivity contribution in [3.8, 4) is 0 Å². The molecule has 1 aromatic heterocycles. The molecular formula is C10H15N3O4. The van der Waals surface area contributed by atoms with Crippen LogP contribution in [0.5, 0.6) is 0 Å². The molecule has 0 aromatic carbocycles. The number of ether oxygens (including phenoxy) is 1. The lowest BCUT2D eigenvalue weighted by Crippen LogP contribution is -2.32. The van der Waals surface area contributed by atoms with Gasteiger partial charge in [-0.3, -0.25) is 9.59 Å². The van der Waals surface area contributed by atoms with Gasteiger partial charge in [-0.1, -0.05) is 0 Å². The van der Waals surface area contributed by atoms with Gasteiger partial charge in [-0.2, -0.15) is 0 Å². The smallest absolute Gasteiger partial charge is 0.320 e. The van der Waals surface area contributed by atoms with Gasteiger partial charge in [-0.25, -0.2) is 4.98 Å². The van der Waals surface area contributed by atoms with Crippen molar-refractivity contribution in [1.82, 2.24) is 9.55 Å². The molecule has 7 heteroatoms. The van der Waals surface area contributed by atoms with Gasteiger partial charge in [0, 0.05) is 19.2 Å². The summed E-state index contributed by atoms with van der Waals surface area (Å²) in [5.74, 6) is -1.36. The molecule has 0 spiro atoms. The van der Waals surface area contributed by atoms with Crippen molar-refractivity contribution >= 4 is 11.9 Å². The van der Waals surface area contributed by atoms with Gasteiger partial charge in [0.05, 0.1) is 25.6 Å². The molecule has 0 bridgehead atoms. The van der Waals surface area contributed by atoms with Gasteiger partial charge in [-0.15, -0.1) is 0 Å². The van der Waals surface area contributed by atoms with Gasteiger partial charge in [0.1, 0.15) is 6.04 Å². The Morgan fingerprint density at radius 1 is 1.65 bits per heavy atom. The molecule has 1 rings (SSSR count). The van der Waals surface area contributed by atoms with E-state index >= 15 is 0 Å². The standard InChI is InChI=1S/C10H15N3O4/c1-17-9(14)2-3-13-5-7(12-6-13)4-8(11)10(15)16/h5-6,8H,2-4,11H2,1H3,(H,15,16)/t8-/m0/s1. The second-order valence-corrected chi connectivity index (χ2v) is 3.58. The maximum absolute atomic E-state index is 10.9.